The van der Waals surface area contributed by atoms with Gasteiger partial charge in [-0.25, -0.2) is 0 Å². The van der Waals surface area contributed by atoms with Gasteiger partial charge in [-0.05, 0) is 91.6 Å². The van der Waals surface area contributed by atoms with Gasteiger partial charge in [0, 0.05) is 11.1 Å². The van der Waals surface area contributed by atoms with Crippen LogP contribution in [0.1, 0.15) is 137 Å². The molecule has 0 aromatic carbocycles. The van der Waals surface area contributed by atoms with Crippen molar-refractivity contribution in [3.05, 3.63) is 0 Å². The number of hydrogen-bond acceptors (Lipinski definition) is 2. The van der Waals surface area contributed by atoms with Gasteiger partial charge in [0.25, 0.3) is 0 Å². The summed E-state index contributed by atoms with van der Waals surface area (Å²) in [6.45, 7) is 41.2. The van der Waals surface area contributed by atoms with Gasteiger partial charge in [-0.2, -0.15) is 12.6 Å². The maximum Gasteiger partial charge on any atom is 0.0160 e. The van der Waals surface area contributed by atoms with Crippen molar-refractivity contribution in [2.45, 2.75) is 148 Å². The van der Waals surface area contributed by atoms with Gasteiger partial charge in [-0.3, -0.25) is 0 Å². The van der Waals surface area contributed by atoms with Crippen LogP contribution in [-0.2, 0) is 0 Å². The van der Waals surface area contributed by atoms with Crippen molar-refractivity contribution < 1.29 is 0 Å². The molecule has 0 rings (SSSR count). The third-order valence-corrected chi connectivity index (χ3v) is 9.05. The van der Waals surface area contributed by atoms with Gasteiger partial charge >= 0.3 is 0 Å². The van der Waals surface area contributed by atoms with Crippen molar-refractivity contribution in [3.63, 3.8) is 0 Å². The molecular formula is C30H63NS. The fourth-order valence-electron chi connectivity index (χ4n) is 6.62. The van der Waals surface area contributed by atoms with Gasteiger partial charge in [0.1, 0.15) is 0 Å². The summed E-state index contributed by atoms with van der Waals surface area (Å²) in [6.07, 6.45) is 3.61. The topological polar surface area (TPSA) is 12.0 Å². The number of hydrogen-bond donors (Lipinski definition) is 2. The summed E-state index contributed by atoms with van der Waals surface area (Å²) in [6, 6.07) is 0. The molecule has 0 saturated carbocycles. The Morgan fingerprint density at radius 2 is 1.00 bits per heavy atom. The van der Waals surface area contributed by atoms with Crippen LogP contribution in [0.2, 0.25) is 0 Å². The number of rotatable bonds is 10. The average molecular weight is 470 g/mol. The minimum atomic E-state index is 0.0282. The molecule has 0 radical (unpaired) electrons. The SMILES string of the molecule is CC(C(C)(C)C)C(CC(C)(C)C)(CC(C)(C)CS)CC(C)(C)NC(C)(C)C(C)C(C)(C)C. The van der Waals surface area contributed by atoms with Gasteiger partial charge in [-0.15, -0.1) is 0 Å². The predicted molar refractivity (Wildman–Crippen MR) is 152 cm³/mol. The summed E-state index contributed by atoms with van der Waals surface area (Å²) >= 11 is 4.79. The molecule has 0 spiro atoms. The lowest BCUT2D eigenvalue weighted by molar-refractivity contribution is -0.0353. The number of nitrogens with one attached hydrogen (secondary N) is 1. The quantitative estimate of drug-likeness (QED) is 0.303. The van der Waals surface area contributed by atoms with E-state index in [1.807, 2.05) is 0 Å². The van der Waals surface area contributed by atoms with E-state index in [2.05, 4.69) is 123 Å². The van der Waals surface area contributed by atoms with Crippen LogP contribution in [0, 0.1) is 38.9 Å². The van der Waals surface area contributed by atoms with Crippen molar-refractivity contribution in [2.24, 2.45) is 38.9 Å². The van der Waals surface area contributed by atoms with Crippen LogP contribution in [0.15, 0.2) is 0 Å². The van der Waals surface area contributed by atoms with Gasteiger partial charge in [0.2, 0.25) is 0 Å². The van der Waals surface area contributed by atoms with Gasteiger partial charge < -0.3 is 5.32 Å². The largest absolute Gasteiger partial charge is 0.307 e. The van der Waals surface area contributed by atoms with Crippen molar-refractivity contribution in [3.8, 4) is 0 Å². The minimum Gasteiger partial charge on any atom is -0.307 e. The molecule has 0 aliphatic carbocycles. The molecule has 32 heavy (non-hydrogen) atoms. The van der Waals surface area contributed by atoms with E-state index in [0.29, 0.717) is 11.8 Å². The zero-order valence-electron chi connectivity index (χ0n) is 25.4. The number of thiol groups is 1. The Labute approximate surface area is 210 Å². The molecule has 0 aromatic heterocycles. The summed E-state index contributed by atoms with van der Waals surface area (Å²) in [5.41, 5.74) is 1.30. The van der Waals surface area contributed by atoms with E-state index in [4.69, 9.17) is 12.6 Å². The van der Waals surface area contributed by atoms with Crippen LogP contribution in [0.4, 0.5) is 0 Å². The lowest BCUT2D eigenvalue weighted by atomic mass is 9.52. The van der Waals surface area contributed by atoms with Crippen LogP contribution >= 0.6 is 12.6 Å². The van der Waals surface area contributed by atoms with E-state index in [0.717, 1.165) is 5.75 Å². The summed E-state index contributed by atoms with van der Waals surface area (Å²) in [5.74, 6) is 2.08. The fraction of sp³-hybridized carbons (Fsp3) is 1.00. The van der Waals surface area contributed by atoms with Crippen LogP contribution in [0.25, 0.3) is 0 Å². The smallest absolute Gasteiger partial charge is 0.0160 e. The van der Waals surface area contributed by atoms with Crippen LogP contribution in [0.3, 0.4) is 0 Å². The molecule has 0 aliphatic heterocycles. The highest BCUT2D eigenvalue weighted by molar-refractivity contribution is 7.80. The Balaban J connectivity index is 6.50. The van der Waals surface area contributed by atoms with Crippen molar-refractivity contribution in [2.75, 3.05) is 5.75 Å². The molecule has 3 atom stereocenters. The summed E-state index contributed by atoms with van der Waals surface area (Å²) in [7, 11) is 0. The van der Waals surface area contributed by atoms with Crippen LogP contribution in [-0.4, -0.2) is 16.8 Å². The molecule has 0 bridgehead atoms. The highest BCUT2D eigenvalue weighted by Crippen LogP contribution is 2.56. The molecule has 0 fully saturated rings. The maximum absolute atomic E-state index is 4.79. The normalized spacial score (nSPS) is 18.9. The lowest BCUT2D eigenvalue weighted by Crippen LogP contribution is -2.60. The van der Waals surface area contributed by atoms with Crippen LogP contribution < -0.4 is 5.32 Å². The molecule has 3 unspecified atom stereocenters. The summed E-state index contributed by atoms with van der Waals surface area (Å²) in [4.78, 5) is 0. The molecule has 0 heterocycles. The van der Waals surface area contributed by atoms with Gasteiger partial charge in [-0.1, -0.05) is 90.0 Å². The Morgan fingerprint density at radius 3 is 1.31 bits per heavy atom. The fourth-order valence-corrected chi connectivity index (χ4v) is 6.73. The monoisotopic (exact) mass is 469 g/mol. The van der Waals surface area contributed by atoms with E-state index >= 15 is 0 Å². The van der Waals surface area contributed by atoms with E-state index in [1.54, 1.807) is 0 Å². The maximum atomic E-state index is 4.79. The molecule has 0 amide bonds. The molecule has 0 aromatic rings. The van der Waals surface area contributed by atoms with Crippen molar-refractivity contribution >= 4 is 12.6 Å². The predicted octanol–water partition coefficient (Wildman–Crippen LogP) is 9.66. The summed E-state index contributed by atoms with van der Waals surface area (Å²) in [5, 5.41) is 4.17. The van der Waals surface area contributed by atoms with E-state index in [1.165, 1.54) is 19.3 Å². The Kier molecular flexibility index (Phi) is 10.2. The Bertz CT molecular complexity index is 579. The molecular weight excluding hydrogens is 406 g/mol. The molecule has 0 saturated heterocycles. The third-order valence-electron chi connectivity index (χ3n) is 8.19. The van der Waals surface area contributed by atoms with E-state index in [9.17, 15) is 0 Å². The minimum absolute atomic E-state index is 0.0282. The first-order chi connectivity index (χ1) is 13.7. The Morgan fingerprint density at radius 1 is 0.594 bits per heavy atom. The highest BCUT2D eigenvalue weighted by atomic mass is 32.1. The van der Waals surface area contributed by atoms with Crippen LogP contribution in [0.5, 0.6) is 0 Å². The molecule has 0 aliphatic rings. The molecule has 2 heteroatoms. The van der Waals surface area contributed by atoms with Crippen molar-refractivity contribution in [1.29, 1.82) is 0 Å². The second kappa shape index (κ2) is 10.1. The third kappa shape index (κ3) is 9.89. The lowest BCUT2D eigenvalue weighted by Gasteiger charge is -2.56. The first kappa shape index (κ1) is 32.3. The standard InChI is InChI=1S/C30H63NS/c1-22(25(6,7)8)29(16,17)31-28(14,15)20-30(18-24(3,4)5,19-27(12,13)21-32)23(2)26(9,10)11/h22-23,31-32H,18-21H2,1-17H3. The van der Waals surface area contributed by atoms with Gasteiger partial charge in [0.15, 0.2) is 0 Å². The van der Waals surface area contributed by atoms with Gasteiger partial charge in [0.05, 0.1) is 0 Å². The second-order valence-electron chi connectivity index (χ2n) is 16.7. The van der Waals surface area contributed by atoms with Crippen molar-refractivity contribution in [1.82, 2.24) is 5.32 Å². The molecule has 1 N–H and O–H groups in total. The average Bonchev–Trinajstić information content (AvgIpc) is 2.47. The second-order valence-corrected chi connectivity index (χ2v) is 17.0. The Hall–Kier alpha value is 0.310. The molecule has 194 valence electrons. The summed E-state index contributed by atoms with van der Waals surface area (Å²) < 4.78 is 0. The zero-order chi connectivity index (χ0) is 26.2. The van der Waals surface area contributed by atoms with E-state index < -0.39 is 0 Å². The van der Waals surface area contributed by atoms with E-state index in [-0.39, 0.29) is 38.2 Å². The first-order valence-electron chi connectivity index (χ1n) is 13.1. The zero-order valence-corrected chi connectivity index (χ0v) is 26.3. The first-order valence-corrected chi connectivity index (χ1v) is 13.7. The highest BCUT2D eigenvalue weighted by Gasteiger charge is 2.50. The molecule has 1 nitrogen and oxygen atoms in total.